The van der Waals surface area contributed by atoms with Crippen LogP contribution in [0.2, 0.25) is 0 Å². The average Bonchev–Trinajstić information content (AvgIpc) is 3.13. The van der Waals surface area contributed by atoms with Crippen molar-refractivity contribution in [1.82, 2.24) is 4.90 Å². The van der Waals surface area contributed by atoms with Gasteiger partial charge in [0.15, 0.2) is 0 Å². The lowest BCUT2D eigenvalue weighted by molar-refractivity contribution is -0.140. The molecule has 3 aromatic carbocycles. The van der Waals surface area contributed by atoms with Gasteiger partial charge in [-0.3, -0.25) is 9.59 Å². The fourth-order valence-corrected chi connectivity index (χ4v) is 4.34. The van der Waals surface area contributed by atoms with Crippen molar-refractivity contribution >= 4 is 17.4 Å². The highest BCUT2D eigenvalue weighted by atomic mass is 16.5. The number of Topliss-reactive ketones (excluding diaryl/α,β-unsaturated/α-hetero) is 1. The van der Waals surface area contributed by atoms with Crippen molar-refractivity contribution in [3.8, 4) is 17.2 Å². The number of carbonyl (C=O) groups is 2. The fraction of sp³-hybridized carbons (Fsp3) is 0.290. The predicted octanol–water partition coefficient (Wildman–Crippen LogP) is 5.98. The highest BCUT2D eigenvalue weighted by molar-refractivity contribution is 6.46. The number of carbonyl (C=O) groups excluding carboxylic acids is 2. The number of hydrogen-bond donors (Lipinski definition) is 2. The van der Waals surface area contributed by atoms with Crippen LogP contribution in [0.15, 0.2) is 78.4 Å². The monoisotopic (exact) mass is 515 g/mol. The summed E-state index contributed by atoms with van der Waals surface area (Å²) >= 11 is 0. The van der Waals surface area contributed by atoms with Crippen LogP contribution in [0, 0.1) is 0 Å². The molecule has 0 aromatic heterocycles. The van der Waals surface area contributed by atoms with E-state index >= 15 is 0 Å². The average molecular weight is 516 g/mol. The van der Waals surface area contributed by atoms with Gasteiger partial charge in [0.05, 0.1) is 18.2 Å². The molecule has 0 aliphatic carbocycles. The molecule has 38 heavy (non-hydrogen) atoms. The van der Waals surface area contributed by atoms with Crippen molar-refractivity contribution in [2.75, 3.05) is 6.61 Å². The maximum atomic E-state index is 13.3. The first-order chi connectivity index (χ1) is 18.1. The van der Waals surface area contributed by atoms with E-state index in [2.05, 4.69) is 0 Å². The highest BCUT2D eigenvalue weighted by Gasteiger charge is 2.46. The summed E-state index contributed by atoms with van der Waals surface area (Å²) in [7, 11) is 0. The van der Waals surface area contributed by atoms with Crippen LogP contribution in [0.1, 0.15) is 56.8 Å². The Balaban J connectivity index is 1.71. The van der Waals surface area contributed by atoms with Crippen molar-refractivity contribution in [1.29, 1.82) is 0 Å². The third-order valence-electron chi connectivity index (χ3n) is 6.05. The number of amides is 1. The molecule has 0 radical (unpaired) electrons. The quantitative estimate of drug-likeness (QED) is 0.218. The zero-order chi connectivity index (χ0) is 27.4. The summed E-state index contributed by atoms with van der Waals surface area (Å²) in [6.07, 6.45) is 0.865. The number of aromatic hydroxyl groups is 1. The Bertz CT molecular complexity index is 1320. The van der Waals surface area contributed by atoms with Crippen molar-refractivity contribution in [2.45, 2.75) is 52.3 Å². The van der Waals surface area contributed by atoms with Crippen molar-refractivity contribution in [3.63, 3.8) is 0 Å². The van der Waals surface area contributed by atoms with Crippen LogP contribution in [-0.4, -0.2) is 39.0 Å². The van der Waals surface area contributed by atoms with E-state index in [0.29, 0.717) is 29.2 Å². The molecular weight excluding hydrogens is 482 g/mol. The van der Waals surface area contributed by atoms with Crippen LogP contribution in [0.25, 0.3) is 5.76 Å². The van der Waals surface area contributed by atoms with Gasteiger partial charge in [-0.2, -0.15) is 0 Å². The number of aliphatic hydroxyl groups is 1. The number of phenols is 1. The second kappa shape index (κ2) is 11.0. The molecular formula is C31H33NO6. The molecule has 198 valence electrons. The van der Waals surface area contributed by atoms with Crippen LogP contribution in [0.4, 0.5) is 0 Å². The molecule has 3 aromatic rings. The molecule has 0 bridgehead atoms. The molecule has 1 heterocycles. The van der Waals surface area contributed by atoms with E-state index in [4.69, 9.17) is 9.47 Å². The number of rotatable bonds is 8. The van der Waals surface area contributed by atoms with E-state index in [1.807, 2.05) is 52.0 Å². The molecule has 1 saturated heterocycles. The molecule has 1 atom stereocenters. The maximum absolute atomic E-state index is 13.3. The van der Waals surface area contributed by atoms with Crippen LogP contribution in [-0.2, 0) is 16.1 Å². The summed E-state index contributed by atoms with van der Waals surface area (Å²) in [5.41, 5.74) is 1.45. The Labute approximate surface area is 222 Å². The van der Waals surface area contributed by atoms with Gasteiger partial charge in [0.25, 0.3) is 11.7 Å². The molecule has 1 aliphatic rings. The largest absolute Gasteiger partial charge is 0.508 e. The van der Waals surface area contributed by atoms with Gasteiger partial charge in [-0.05, 0) is 86.8 Å². The Morgan fingerprint density at radius 3 is 2.08 bits per heavy atom. The van der Waals surface area contributed by atoms with Crippen molar-refractivity contribution < 1.29 is 29.3 Å². The number of hydrogen-bond acceptors (Lipinski definition) is 6. The van der Waals surface area contributed by atoms with Gasteiger partial charge >= 0.3 is 0 Å². The Kier molecular flexibility index (Phi) is 7.76. The van der Waals surface area contributed by atoms with Crippen LogP contribution in [0.5, 0.6) is 17.2 Å². The summed E-state index contributed by atoms with van der Waals surface area (Å²) in [4.78, 5) is 28.0. The molecule has 1 unspecified atom stereocenters. The summed E-state index contributed by atoms with van der Waals surface area (Å²) < 4.78 is 11.5. The molecule has 0 spiro atoms. The Morgan fingerprint density at radius 1 is 0.895 bits per heavy atom. The number of benzene rings is 3. The van der Waals surface area contributed by atoms with Gasteiger partial charge in [0.1, 0.15) is 28.6 Å². The smallest absolute Gasteiger partial charge is 0.295 e. The van der Waals surface area contributed by atoms with Gasteiger partial charge < -0.3 is 24.6 Å². The first kappa shape index (κ1) is 26.8. The summed E-state index contributed by atoms with van der Waals surface area (Å²) in [6.45, 7) is 8.61. The van der Waals surface area contributed by atoms with E-state index in [1.54, 1.807) is 36.4 Å². The van der Waals surface area contributed by atoms with Gasteiger partial charge in [0, 0.05) is 12.1 Å². The Hall–Kier alpha value is -4.26. The van der Waals surface area contributed by atoms with Gasteiger partial charge in [-0.15, -0.1) is 0 Å². The molecule has 1 fully saturated rings. The van der Waals surface area contributed by atoms with Crippen LogP contribution in [0.3, 0.4) is 0 Å². The summed E-state index contributed by atoms with van der Waals surface area (Å²) in [5, 5.41) is 21.1. The summed E-state index contributed by atoms with van der Waals surface area (Å²) in [5.74, 6) is -0.326. The van der Waals surface area contributed by atoms with E-state index in [9.17, 15) is 19.8 Å². The first-order valence-corrected chi connectivity index (χ1v) is 12.7. The van der Waals surface area contributed by atoms with E-state index in [0.717, 1.165) is 12.0 Å². The SMILES string of the molecule is CCCOc1ccc(/C(O)=C2/C(=O)C(=O)N(Cc3ccc(OC(C)(C)C)cc3)C2c2ccc(O)cc2)cc1. The minimum atomic E-state index is -0.836. The van der Waals surface area contributed by atoms with Crippen molar-refractivity contribution in [3.05, 3.63) is 95.1 Å². The molecule has 1 amide bonds. The third-order valence-corrected chi connectivity index (χ3v) is 6.05. The predicted molar refractivity (Wildman–Crippen MR) is 145 cm³/mol. The lowest BCUT2D eigenvalue weighted by Gasteiger charge is -2.26. The lowest BCUT2D eigenvalue weighted by Crippen LogP contribution is -2.29. The normalized spacial score (nSPS) is 17.1. The number of phenolic OH excluding ortho intramolecular Hbond substituents is 1. The highest BCUT2D eigenvalue weighted by Crippen LogP contribution is 2.41. The molecule has 1 aliphatic heterocycles. The number of aliphatic hydroxyl groups excluding tert-OH is 1. The molecule has 4 rings (SSSR count). The molecule has 7 heteroatoms. The summed E-state index contributed by atoms with van der Waals surface area (Å²) in [6, 6.07) is 19.6. The second-order valence-corrected chi connectivity index (χ2v) is 10.2. The zero-order valence-electron chi connectivity index (χ0n) is 22.1. The first-order valence-electron chi connectivity index (χ1n) is 12.7. The van der Waals surface area contributed by atoms with Crippen molar-refractivity contribution in [2.24, 2.45) is 0 Å². The number of ether oxygens (including phenoxy) is 2. The van der Waals surface area contributed by atoms with Crippen LogP contribution < -0.4 is 9.47 Å². The number of ketones is 1. The maximum Gasteiger partial charge on any atom is 0.295 e. The number of likely N-dealkylation sites (tertiary alicyclic amines) is 1. The second-order valence-electron chi connectivity index (χ2n) is 10.2. The third kappa shape index (κ3) is 5.99. The van der Waals surface area contributed by atoms with E-state index < -0.39 is 17.7 Å². The van der Waals surface area contributed by atoms with Gasteiger partial charge in [-0.1, -0.05) is 31.2 Å². The fourth-order valence-electron chi connectivity index (χ4n) is 4.34. The Morgan fingerprint density at radius 2 is 1.50 bits per heavy atom. The zero-order valence-corrected chi connectivity index (χ0v) is 22.1. The standard InChI is InChI=1S/C31H33NO6/c1-5-18-37-24-16-10-22(11-17-24)28(34)26-27(21-8-12-23(33)13-9-21)32(30(36)29(26)35)19-20-6-14-25(15-7-20)38-31(2,3)4/h6-17,27,33-34H,5,18-19H2,1-4H3/b28-26-. The molecule has 7 nitrogen and oxygen atoms in total. The minimum Gasteiger partial charge on any atom is -0.508 e. The number of nitrogens with zero attached hydrogens (tertiary/aromatic N) is 1. The van der Waals surface area contributed by atoms with E-state index in [1.165, 1.54) is 17.0 Å². The van der Waals surface area contributed by atoms with Crippen LogP contribution >= 0.6 is 0 Å². The van der Waals surface area contributed by atoms with Gasteiger partial charge in [-0.25, -0.2) is 0 Å². The lowest BCUT2D eigenvalue weighted by atomic mass is 9.95. The van der Waals surface area contributed by atoms with E-state index in [-0.39, 0.29) is 29.2 Å². The topological polar surface area (TPSA) is 96.3 Å². The van der Waals surface area contributed by atoms with Gasteiger partial charge in [0.2, 0.25) is 0 Å². The molecule has 2 N–H and O–H groups in total. The molecule has 0 saturated carbocycles. The minimum absolute atomic E-state index is 0.00407.